The first-order valence-corrected chi connectivity index (χ1v) is 8.15. The van der Waals surface area contributed by atoms with Crippen LogP contribution in [0.3, 0.4) is 0 Å². The van der Waals surface area contributed by atoms with Crippen molar-refractivity contribution in [3.05, 3.63) is 48.0 Å². The van der Waals surface area contributed by atoms with Crippen molar-refractivity contribution < 1.29 is 14.7 Å². The molecule has 0 saturated heterocycles. The first-order valence-electron chi connectivity index (χ1n) is 8.15. The fourth-order valence-corrected chi connectivity index (χ4v) is 3.36. The van der Waals surface area contributed by atoms with E-state index >= 15 is 0 Å². The molecule has 0 spiro atoms. The molecule has 2 fully saturated rings. The van der Waals surface area contributed by atoms with Crippen LogP contribution in [0.5, 0.6) is 0 Å². The Hall–Kier alpha value is -2.36. The molecule has 0 bridgehead atoms. The van der Waals surface area contributed by atoms with Gasteiger partial charge in [0.25, 0.3) is 0 Å². The van der Waals surface area contributed by atoms with Crippen molar-refractivity contribution in [2.75, 3.05) is 0 Å². The highest BCUT2D eigenvalue weighted by Crippen LogP contribution is 2.48. The van der Waals surface area contributed by atoms with E-state index < -0.39 is 12.0 Å². The van der Waals surface area contributed by atoms with Crippen LogP contribution in [0.1, 0.15) is 30.7 Å². The highest BCUT2D eigenvalue weighted by atomic mass is 16.4. The summed E-state index contributed by atoms with van der Waals surface area (Å²) in [6.45, 7) is 0. The molecule has 118 valence electrons. The number of carbonyl (C=O) groups excluding carboxylic acids is 1. The third-order valence-electron chi connectivity index (χ3n) is 4.99. The van der Waals surface area contributed by atoms with Crippen molar-refractivity contribution in [1.82, 2.24) is 5.32 Å². The number of nitrogens with one attached hydrogen (secondary N) is 1. The first kappa shape index (κ1) is 14.2. The standard InChI is InChI=1S/C19H19NO3/c21-18(20-17(19(22)23)12-6-7-12)16-10-15(16)14-8-5-11-3-1-2-4-13(11)9-14/h1-5,8-9,12,15-17H,6-7,10H2,(H,20,21)(H,22,23). The van der Waals surface area contributed by atoms with E-state index in [0.717, 1.165) is 19.3 Å². The van der Waals surface area contributed by atoms with Crippen LogP contribution >= 0.6 is 0 Å². The summed E-state index contributed by atoms with van der Waals surface area (Å²) in [6, 6.07) is 13.8. The zero-order valence-electron chi connectivity index (χ0n) is 12.7. The van der Waals surface area contributed by atoms with Gasteiger partial charge in [0.1, 0.15) is 6.04 Å². The van der Waals surface area contributed by atoms with Crippen LogP contribution in [-0.4, -0.2) is 23.0 Å². The Labute approximate surface area is 134 Å². The third kappa shape index (κ3) is 2.81. The summed E-state index contributed by atoms with van der Waals surface area (Å²) in [6.07, 6.45) is 2.60. The summed E-state index contributed by atoms with van der Waals surface area (Å²) in [5, 5.41) is 14.3. The monoisotopic (exact) mass is 309 g/mol. The quantitative estimate of drug-likeness (QED) is 0.892. The molecule has 0 radical (unpaired) electrons. The molecule has 1 amide bonds. The van der Waals surface area contributed by atoms with E-state index in [1.807, 2.05) is 12.1 Å². The maximum atomic E-state index is 12.3. The van der Waals surface area contributed by atoms with E-state index in [1.54, 1.807) is 0 Å². The Morgan fingerprint density at radius 2 is 1.83 bits per heavy atom. The molecule has 4 heteroatoms. The number of hydrogen-bond acceptors (Lipinski definition) is 2. The van der Waals surface area contributed by atoms with E-state index in [-0.39, 0.29) is 23.7 Å². The van der Waals surface area contributed by atoms with Crippen molar-refractivity contribution in [2.45, 2.75) is 31.2 Å². The van der Waals surface area contributed by atoms with Crippen LogP contribution in [0, 0.1) is 11.8 Å². The molecule has 2 aliphatic rings. The SMILES string of the molecule is O=C(NC(C(=O)O)C1CC1)C1CC1c1ccc2ccccc2c1. The zero-order chi connectivity index (χ0) is 16.0. The van der Waals surface area contributed by atoms with Gasteiger partial charge in [-0.3, -0.25) is 4.79 Å². The molecule has 4 rings (SSSR count). The molecular weight excluding hydrogens is 290 g/mol. The van der Waals surface area contributed by atoms with Gasteiger partial charge in [0, 0.05) is 5.92 Å². The lowest BCUT2D eigenvalue weighted by atomic mass is 10.0. The number of carboxylic acid groups (broad SMARTS) is 1. The Balaban J connectivity index is 1.45. The van der Waals surface area contributed by atoms with Gasteiger partial charge in [-0.25, -0.2) is 4.79 Å². The second-order valence-electron chi connectivity index (χ2n) is 6.72. The largest absolute Gasteiger partial charge is 0.480 e. The van der Waals surface area contributed by atoms with Gasteiger partial charge < -0.3 is 10.4 Å². The van der Waals surface area contributed by atoms with Crippen molar-refractivity contribution in [3.8, 4) is 0 Å². The molecule has 0 aliphatic heterocycles. The zero-order valence-corrected chi connectivity index (χ0v) is 12.7. The minimum Gasteiger partial charge on any atom is -0.480 e. The van der Waals surface area contributed by atoms with Crippen LogP contribution in [0.4, 0.5) is 0 Å². The molecule has 3 unspecified atom stereocenters. The highest BCUT2D eigenvalue weighted by Gasteiger charge is 2.46. The van der Waals surface area contributed by atoms with E-state index in [1.165, 1.54) is 16.3 Å². The molecule has 2 aliphatic carbocycles. The maximum Gasteiger partial charge on any atom is 0.326 e. The molecule has 23 heavy (non-hydrogen) atoms. The second-order valence-corrected chi connectivity index (χ2v) is 6.72. The molecule has 2 aromatic carbocycles. The normalized spacial score (nSPS) is 24.2. The summed E-state index contributed by atoms with van der Waals surface area (Å²) in [5.41, 5.74) is 1.17. The Kier molecular flexibility index (Phi) is 3.33. The second kappa shape index (κ2) is 5.37. The van der Waals surface area contributed by atoms with Crippen molar-refractivity contribution >= 4 is 22.6 Å². The van der Waals surface area contributed by atoms with Crippen molar-refractivity contribution in [1.29, 1.82) is 0 Å². The van der Waals surface area contributed by atoms with Crippen molar-refractivity contribution in [2.24, 2.45) is 11.8 Å². The molecule has 2 aromatic rings. The van der Waals surface area contributed by atoms with Gasteiger partial charge in [0.15, 0.2) is 0 Å². The van der Waals surface area contributed by atoms with Crippen molar-refractivity contribution in [3.63, 3.8) is 0 Å². The minimum absolute atomic E-state index is 0.0863. The van der Waals surface area contributed by atoms with Gasteiger partial charge in [-0.05, 0) is 47.4 Å². The number of rotatable bonds is 5. The lowest BCUT2D eigenvalue weighted by molar-refractivity contribution is -0.142. The minimum atomic E-state index is -0.913. The number of carbonyl (C=O) groups is 2. The molecule has 3 atom stereocenters. The van der Waals surface area contributed by atoms with Crippen LogP contribution in [0.25, 0.3) is 10.8 Å². The number of hydrogen-bond donors (Lipinski definition) is 2. The molecule has 2 saturated carbocycles. The maximum absolute atomic E-state index is 12.3. The first-order chi connectivity index (χ1) is 11.1. The van der Waals surface area contributed by atoms with E-state index in [0.29, 0.717) is 0 Å². The molecular formula is C19H19NO3. The smallest absolute Gasteiger partial charge is 0.326 e. The summed E-state index contributed by atoms with van der Waals surface area (Å²) in [4.78, 5) is 23.6. The molecule has 2 N–H and O–H groups in total. The van der Waals surface area contributed by atoms with Gasteiger partial charge >= 0.3 is 5.97 Å². The van der Waals surface area contributed by atoms with Gasteiger partial charge in [-0.1, -0.05) is 42.5 Å². The number of benzene rings is 2. The van der Waals surface area contributed by atoms with E-state index in [4.69, 9.17) is 0 Å². The number of aliphatic carboxylic acids is 1. The fraction of sp³-hybridized carbons (Fsp3) is 0.368. The fourth-order valence-electron chi connectivity index (χ4n) is 3.36. The lowest BCUT2D eigenvalue weighted by Crippen LogP contribution is -2.43. The Morgan fingerprint density at radius 1 is 1.09 bits per heavy atom. The van der Waals surface area contributed by atoms with Crippen LogP contribution in [-0.2, 0) is 9.59 Å². The number of amides is 1. The van der Waals surface area contributed by atoms with Gasteiger partial charge in [-0.15, -0.1) is 0 Å². The third-order valence-corrected chi connectivity index (χ3v) is 4.99. The van der Waals surface area contributed by atoms with Gasteiger partial charge in [0.05, 0.1) is 0 Å². The van der Waals surface area contributed by atoms with E-state index in [2.05, 4.69) is 35.6 Å². The average Bonchev–Trinajstić information content (AvgIpc) is 3.45. The summed E-state index contributed by atoms with van der Waals surface area (Å²) in [7, 11) is 0. The summed E-state index contributed by atoms with van der Waals surface area (Å²) in [5.74, 6) is -0.773. The number of carboxylic acids is 1. The van der Waals surface area contributed by atoms with E-state index in [9.17, 15) is 14.7 Å². The lowest BCUT2D eigenvalue weighted by Gasteiger charge is -2.13. The van der Waals surface area contributed by atoms with Gasteiger partial charge in [0.2, 0.25) is 5.91 Å². The molecule has 0 heterocycles. The average molecular weight is 309 g/mol. The van der Waals surface area contributed by atoms with Crippen LogP contribution in [0.2, 0.25) is 0 Å². The number of fused-ring (bicyclic) bond motifs is 1. The summed E-state index contributed by atoms with van der Waals surface area (Å²) < 4.78 is 0. The van der Waals surface area contributed by atoms with Crippen LogP contribution in [0.15, 0.2) is 42.5 Å². The Morgan fingerprint density at radius 3 is 2.52 bits per heavy atom. The van der Waals surface area contributed by atoms with Crippen LogP contribution < -0.4 is 5.32 Å². The summed E-state index contributed by atoms with van der Waals surface area (Å²) >= 11 is 0. The van der Waals surface area contributed by atoms with Gasteiger partial charge in [-0.2, -0.15) is 0 Å². The molecule has 0 aromatic heterocycles. The predicted molar refractivity (Wildman–Crippen MR) is 87.1 cm³/mol. The highest BCUT2D eigenvalue weighted by molar-refractivity contribution is 5.88. The topological polar surface area (TPSA) is 66.4 Å². The predicted octanol–water partition coefficient (Wildman–Crippen LogP) is 2.92. The molecule has 4 nitrogen and oxygen atoms in total. The Bertz CT molecular complexity index is 781.